The summed E-state index contributed by atoms with van der Waals surface area (Å²) in [4.78, 5) is 16.6. The average molecular weight is 248 g/mol. The number of hydrogen-bond acceptors (Lipinski definition) is 3. The number of halogens is 1. The molecule has 0 spiro atoms. The van der Waals surface area contributed by atoms with Crippen molar-refractivity contribution in [1.29, 1.82) is 0 Å². The molecule has 0 amide bonds. The summed E-state index contributed by atoms with van der Waals surface area (Å²) in [5.41, 5.74) is 1.13. The van der Waals surface area contributed by atoms with Crippen molar-refractivity contribution in [3.8, 4) is 0 Å². The van der Waals surface area contributed by atoms with Crippen molar-refractivity contribution >= 4 is 11.8 Å². The number of benzene rings is 1. The number of aliphatic imine (C=N–C) groups is 1. The first kappa shape index (κ1) is 12.8. The fourth-order valence-corrected chi connectivity index (χ4v) is 2.76. The quantitative estimate of drug-likeness (QED) is 0.608. The minimum atomic E-state index is -0.580. The molecule has 0 aromatic heterocycles. The lowest BCUT2D eigenvalue weighted by Gasteiger charge is -2.28. The highest BCUT2D eigenvalue weighted by molar-refractivity contribution is 5.57. The molecule has 1 aromatic rings. The third-order valence-corrected chi connectivity index (χ3v) is 3.63. The molecule has 96 valence electrons. The fraction of sp³-hybridized carbons (Fsp3) is 0.500. The van der Waals surface area contributed by atoms with E-state index in [1.165, 1.54) is 12.1 Å². The molecule has 4 heteroatoms. The second-order valence-electron chi connectivity index (χ2n) is 5.00. The minimum absolute atomic E-state index is 0.289. The Morgan fingerprint density at radius 3 is 2.56 bits per heavy atom. The van der Waals surface area contributed by atoms with E-state index in [-0.39, 0.29) is 5.82 Å². The van der Waals surface area contributed by atoms with E-state index in [9.17, 15) is 9.18 Å². The third-order valence-electron chi connectivity index (χ3n) is 3.63. The summed E-state index contributed by atoms with van der Waals surface area (Å²) < 4.78 is 13.5. The molecule has 0 saturated heterocycles. The molecular formula is C14H17FN2O. The third kappa shape index (κ3) is 2.16. The average Bonchev–Trinajstić information content (AvgIpc) is 2.79. The molecule has 2 rings (SSSR count). The van der Waals surface area contributed by atoms with E-state index in [1.54, 1.807) is 12.1 Å². The largest absolute Gasteiger partial charge is 0.377 e. The van der Waals surface area contributed by atoms with E-state index in [0.29, 0.717) is 0 Å². The summed E-state index contributed by atoms with van der Waals surface area (Å²) in [6.07, 6.45) is 5.25. The van der Waals surface area contributed by atoms with Crippen molar-refractivity contribution in [2.45, 2.75) is 31.2 Å². The van der Waals surface area contributed by atoms with Crippen molar-refractivity contribution in [2.75, 3.05) is 19.0 Å². The first-order chi connectivity index (χ1) is 8.59. The number of nitrogens with zero attached hydrogens (tertiary/aromatic N) is 2. The predicted octanol–water partition coefficient (Wildman–Crippen LogP) is 3.00. The second kappa shape index (κ2) is 4.91. The zero-order chi connectivity index (χ0) is 13.2. The standard InChI is InChI=1S/C14H17FN2O/c1-17(2)13-6-5-11(15)9-12(13)14(16-10-18)7-3-4-8-14/h5-6,9H,3-4,7-8H2,1-2H3. The van der Waals surface area contributed by atoms with Crippen LogP contribution in [0.1, 0.15) is 31.2 Å². The second-order valence-corrected chi connectivity index (χ2v) is 5.00. The lowest BCUT2D eigenvalue weighted by Crippen LogP contribution is -2.23. The lowest BCUT2D eigenvalue weighted by molar-refractivity contribution is 0.453. The zero-order valence-electron chi connectivity index (χ0n) is 10.7. The van der Waals surface area contributed by atoms with Crippen LogP contribution in [0.15, 0.2) is 23.2 Å². The van der Waals surface area contributed by atoms with Crippen LogP contribution in [0.5, 0.6) is 0 Å². The Morgan fingerprint density at radius 2 is 2.00 bits per heavy atom. The van der Waals surface area contributed by atoms with Gasteiger partial charge in [-0.3, -0.25) is 0 Å². The Hall–Kier alpha value is -1.67. The lowest BCUT2D eigenvalue weighted by atomic mass is 9.87. The van der Waals surface area contributed by atoms with Crippen LogP contribution in [0, 0.1) is 5.82 Å². The minimum Gasteiger partial charge on any atom is -0.377 e. The highest BCUT2D eigenvalue weighted by Gasteiger charge is 2.38. The van der Waals surface area contributed by atoms with Gasteiger partial charge in [0.1, 0.15) is 11.4 Å². The van der Waals surface area contributed by atoms with Crippen LogP contribution in [0.4, 0.5) is 10.1 Å². The Labute approximate surface area is 106 Å². The molecule has 1 saturated carbocycles. The van der Waals surface area contributed by atoms with Crippen LogP contribution in [0.3, 0.4) is 0 Å². The van der Waals surface area contributed by atoms with Gasteiger partial charge in [-0.15, -0.1) is 0 Å². The van der Waals surface area contributed by atoms with Gasteiger partial charge in [0.05, 0.1) is 0 Å². The number of isocyanates is 1. The predicted molar refractivity (Wildman–Crippen MR) is 69.0 cm³/mol. The normalized spacial score (nSPS) is 17.3. The Balaban J connectivity index is 2.59. The maximum absolute atomic E-state index is 13.5. The van der Waals surface area contributed by atoms with Crippen molar-refractivity contribution in [2.24, 2.45) is 4.99 Å². The SMILES string of the molecule is CN(C)c1ccc(F)cc1C1(N=C=O)CCCC1. The molecule has 1 aliphatic carbocycles. The molecule has 0 bridgehead atoms. The molecule has 0 radical (unpaired) electrons. The van der Waals surface area contributed by atoms with Crippen molar-refractivity contribution < 1.29 is 9.18 Å². The van der Waals surface area contributed by atoms with Gasteiger partial charge in [0.2, 0.25) is 6.08 Å². The number of rotatable bonds is 3. The van der Waals surface area contributed by atoms with E-state index in [0.717, 1.165) is 36.9 Å². The Morgan fingerprint density at radius 1 is 1.33 bits per heavy atom. The molecule has 0 aliphatic heterocycles. The Kier molecular flexibility index (Phi) is 3.48. The smallest absolute Gasteiger partial charge is 0.235 e. The van der Waals surface area contributed by atoms with E-state index in [2.05, 4.69) is 4.99 Å². The molecule has 0 atom stereocenters. The van der Waals surface area contributed by atoms with Crippen molar-refractivity contribution in [3.05, 3.63) is 29.6 Å². The molecule has 1 aromatic carbocycles. The van der Waals surface area contributed by atoms with Crippen molar-refractivity contribution in [3.63, 3.8) is 0 Å². The molecule has 1 fully saturated rings. The van der Waals surface area contributed by atoms with Gasteiger partial charge in [-0.1, -0.05) is 12.8 Å². The van der Waals surface area contributed by atoms with Gasteiger partial charge >= 0.3 is 0 Å². The van der Waals surface area contributed by atoms with Crippen molar-refractivity contribution in [1.82, 2.24) is 0 Å². The first-order valence-corrected chi connectivity index (χ1v) is 6.15. The molecule has 3 nitrogen and oxygen atoms in total. The van der Waals surface area contributed by atoms with Gasteiger partial charge in [-0.2, -0.15) is 4.99 Å². The van der Waals surface area contributed by atoms with E-state index in [1.807, 2.05) is 19.0 Å². The maximum atomic E-state index is 13.5. The highest BCUT2D eigenvalue weighted by atomic mass is 19.1. The van der Waals surface area contributed by atoms with Gasteiger partial charge in [0, 0.05) is 25.3 Å². The van der Waals surface area contributed by atoms with Crippen LogP contribution in [0.2, 0.25) is 0 Å². The molecule has 0 unspecified atom stereocenters. The number of hydrogen-bond donors (Lipinski definition) is 0. The topological polar surface area (TPSA) is 32.7 Å². The maximum Gasteiger partial charge on any atom is 0.235 e. The first-order valence-electron chi connectivity index (χ1n) is 6.15. The van der Waals surface area contributed by atoms with Crippen LogP contribution in [-0.2, 0) is 10.3 Å². The number of anilines is 1. The van der Waals surface area contributed by atoms with Gasteiger partial charge in [-0.25, -0.2) is 9.18 Å². The van der Waals surface area contributed by atoms with E-state index in [4.69, 9.17) is 0 Å². The summed E-state index contributed by atoms with van der Waals surface area (Å²) in [6, 6.07) is 4.68. The summed E-state index contributed by atoms with van der Waals surface area (Å²) in [7, 11) is 3.81. The van der Waals surface area contributed by atoms with Gasteiger partial charge in [0.25, 0.3) is 0 Å². The molecule has 1 aliphatic rings. The molecule has 18 heavy (non-hydrogen) atoms. The molecule has 0 heterocycles. The zero-order valence-corrected chi connectivity index (χ0v) is 10.7. The Bertz CT molecular complexity index is 487. The van der Waals surface area contributed by atoms with Crippen LogP contribution in [-0.4, -0.2) is 20.2 Å². The van der Waals surface area contributed by atoms with Gasteiger partial charge in [-0.05, 0) is 31.0 Å². The monoisotopic (exact) mass is 248 g/mol. The molecular weight excluding hydrogens is 231 g/mol. The van der Waals surface area contributed by atoms with Gasteiger partial charge < -0.3 is 4.90 Å². The van der Waals surface area contributed by atoms with Gasteiger partial charge in [0.15, 0.2) is 0 Å². The summed E-state index contributed by atoms with van der Waals surface area (Å²) in [5, 5.41) is 0. The summed E-state index contributed by atoms with van der Waals surface area (Å²) >= 11 is 0. The van der Waals surface area contributed by atoms with Crippen LogP contribution < -0.4 is 4.90 Å². The van der Waals surface area contributed by atoms with Crippen LogP contribution in [0.25, 0.3) is 0 Å². The fourth-order valence-electron chi connectivity index (χ4n) is 2.76. The highest BCUT2D eigenvalue weighted by Crippen LogP contribution is 2.45. The molecule has 0 N–H and O–H groups in total. The van der Waals surface area contributed by atoms with E-state index < -0.39 is 5.54 Å². The van der Waals surface area contributed by atoms with E-state index >= 15 is 0 Å². The summed E-state index contributed by atoms with van der Waals surface area (Å²) in [6.45, 7) is 0. The number of carbonyl (C=O) groups excluding carboxylic acids is 1. The van der Waals surface area contributed by atoms with Crippen LogP contribution >= 0.6 is 0 Å². The summed E-state index contributed by atoms with van der Waals surface area (Å²) in [5.74, 6) is -0.289.